The number of rotatable bonds is 4. The average Bonchev–Trinajstić information content (AvgIpc) is 3.63. The molecule has 0 unspecified atom stereocenters. The van der Waals surface area contributed by atoms with E-state index in [-0.39, 0.29) is 22.8 Å². The van der Waals surface area contributed by atoms with Crippen LogP contribution in [0.15, 0.2) is 24.4 Å². The summed E-state index contributed by atoms with van der Waals surface area (Å²) >= 11 is 6.49. The van der Waals surface area contributed by atoms with Crippen LogP contribution in [0.25, 0.3) is 22.2 Å². The van der Waals surface area contributed by atoms with Crippen LogP contribution in [0.5, 0.6) is 6.01 Å². The number of piperazine rings is 1. The zero-order valence-electron chi connectivity index (χ0n) is 17.7. The molecule has 4 heterocycles. The topological polar surface area (TPSA) is 72.4 Å². The molecule has 0 radical (unpaired) electrons. The highest BCUT2D eigenvalue weighted by atomic mass is 35.5. The number of fused-ring (bicyclic) bond motifs is 1. The number of methoxy groups -OCH3 is 1. The van der Waals surface area contributed by atoms with Gasteiger partial charge >= 0.3 is 6.01 Å². The molecule has 1 aliphatic carbocycles. The number of nitrogens with zero attached hydrogens (tertiary/aromatic N) is 4. The van der Waals surface area contributed by atoms with Crippen LogP contribution in [-0.2, 0) is 4.74 Å². The minimum Gasteiger partial charge on any atom is -0.467 e. The molecule has 2 aliphatic heterocycles. The predicted octanol–water partition coefficient (Wildman–Crippen LogP) is 3.55. The van der Waals surface area contributed by atoms with E-state index < -0.39 is 5.82 Å². The summed E-state index contributed by atoms with van der Waals surface area (Å²) in [5, 5.41) is 4.76. The van der Waals surface area contributed by atoms with E-state index in [1.807, 2.05) is 18.2 Å². The van der Waals surface area contributed by atoms with Gasteiger partial charge in [0.05, 0.1) is 31.2 Å². The van der Waals surface area contributed by atoms with Crippen LogP contribution in [0, 0.1) is 5.82 Å². The lowest BCUT2D eigenvalue weighted by Crippen LogP contribution is -2.70. The SMILES string of the molecule is COc1nc(N2CCNC3(COC3)C2)c2cnc(-c3cccc(Cl)c3C3CC3)c(F)c2n1. The molecule has 1 aromatic carbocycles. The third-order valence-corrected chi connectivity index (χ3v) is 6.88. The molecule has 3 aromatic rings. The van der Waals surface area contributed by atoms with Gasteiger partial charge in [-0.2, -0.15) is 9.97 Å². The summed E-state index contributed by atoms with van der Waals surface area (Å²) in [5.41, 5.74) is 2.07. The molecular weight excluding hydrogens is 433 g/mol. The van der Waals surface area contributed by atoms with Crippen LogP contribution in [0.4, 0.5) is 10.2 Å². The average molecular weight is 456 g/mol. The van der Waals surface area contributed by atoms with Crippen molar-refractivity contribution in [3.05, 3.63) is 40.8 Å². The standard InChI is InChI=1S/C23H23ClFN5O2/c1-31-22-28-20-15(21(29-22)30-8-7-27-23(10-30)11-32-12-23)9-26-19(18(20)25)14-3-2-4-16(24)17(14)13-5-6-13/h2-4,9,13,27H,5-8,10-12H2,1H3. The van der Waals surface area contributed by atoms with E-state index in [1.165, 1.54) is 7.11 Å². The molecule has 7 nitrogen and oxygen atoms in total. The van der Waals surface area contributed by atoms with Crippen molar-refractivity contribution in [2.75, 3.05) is 44.9 Å². The summed E-state index contributed by atoms with van der Waals surface area (Å²) in [6.07, 6.45) is 3.78. The van der Waals surface area contributed by atoms with Gasteiger partial charge in [-0.3, -0.25) is 4.98 Å². The van der Waals surface area contributed by atoms with Gasteiger partial charge in [0.25, 0.3) is 0 Å². The third kappa shape index (κ3) is 3.20. The smallest absolute Gasteiger partial charge is 0.318 e. The van der Waals surface area contributed by atoms with Crippen molar-refractivity contribution in [2.45, 2.75) is 24.3 Å². The molecule has 1 saturated carbocycles. The number of ether oxygens (including phenoxy) is 2. The van der Waals surface area contributed by atoms with Crippen LogP contribution in [0.1, 0.15) is 24.3 Å². The van der Waals surface area contributed by atoms with Crippen LogP contribution in [0.3, 0.4) is 0 Å². The lowest BCUT2D eigenvalue weighted by molar-refractivity contribution is -0.0743. The molecule has 2 aromatic heterocycles. The first kappa shape index (κ1) is 20.1. The number of hydrogen-bond donors (Lipinski definition) is 1. The van der Waals surface area contributed by atoms with Crippen molar-refractivity contribution in [3.8, 4) is 17.3 Å². The van der Waals surface area contributed by atoms with Crippen LogP contribution >= 0.6 is 11.6 Å². The van der Waals surface area contributed by atoms with Gasteiger partial charge in [-0.05, 0) is 30.4 Å². The molecule has 0 bridgehead atoms. The van der Waals surface area contributed by atoms with Gasteiger partial charge in [0.1, 0.15) is 17.0 Å². The highest BCUT2D eigenvalue weighted by Crippen LogP contribution is 2.48. The van der Waals surface area contributed by atoms with Crippen LogP contribution in [-0.4, -0.2) is 60.4 Å². The van der Waals surface area contributed by atoms with Crippen molar-refractivity contribution < 1.29 is 13.9 Å². The first-order chi connectivity index (χ1) is 15.6. The maximum absolute atomic E-state index is 15.9. The number of hydrogen-bond acceptors (Lipinski definition) is 7. The Morgan fingerprint density at radius 3 is 2.84 bits per heavy atom. The fourth-order valence-corrected chi connectivity index (χ4v) is 5.08. The van der Waals surface area contributed by atoms with Crippen molar-refractivity contribution in [1.29, 1.82) is 0 Å². The maximum Gasteiger partial charge on any atom is 0.318 e. The van der Waals surface area contributed by atoms with E-state index in [0.717, 1.165) is 37.1 Å². The van der Waals surface area contributed by atoms with Crippen molar-refractivity contribution >= 4 is 28.3 Å². The molecule has 9 heteroatoms. The van der Waals surface area contributed by atoms with E-state index in [9.17, 15) is 0 Å². The molecule has 0 atom stereocenters. The summed E-state index contributed by atoms with van der Waals surface area (Å²) in [7, 11) is 1.49. The molecule has 1 N–H and O–H groups in total. The second kappa shape index (κ2) is 7.50. The van der Waals surface area contributed by atoms with Crippen LogP contribution in [0.2, 0.25) is 5.02 Å². The zero-order chi connectivity index (χ0) is 21.9. The molecule has 6 rings (SSSR count). The lowest BCUT2D eigenvalue weighted by atomic mass is 9.94. The van der Waals surface area contributed by atoms with Gasteiger partial charge < -0.3 is 19.7 Å². The predicted molar refractivity (Wildman–Crippen MR) is 120 cm³/mol. The van der Waals surface area contributed by atoms with Gasteiger partial charge in [0.15, 0.2) is 5.82 Å². The highest BCUT2D eigenvalue weighted by Gasteiger charge is 2.43. The Labute approximate surface area is 189 Å². The van der Waals surface area contributed by atoms with E-state index >= 15 is 4.39 Å². The van der Waals surface area contributed by atoms with E-state index in [0.29, 0.717) is 41.9 Å². The molecule has 32 heavy (non-hydrogen) atoms. The summed E-state index contributed by atoms with van der Waals surface area (Å²) in [6.45, 7) is 3.54. The first-order valence-electron chi connectivity index (χ1n) is 10.9. The Balaban J connectivity index is 1.50. The van der Waals surface area contributed by atoms with Crippen molar-refractivity contribution in [2.24, 2.45) is 0 Å². The second-order valence-electron chi connectivity index (χ2n) is 8.81. The normalized spacial score (nSPS) is 19.9. The Morgan fingerprint density at radius 1 is 1.28 bits per heavy atom. The van der Waals surface area contributed by atoms with Crippen LogP contribution < -0.4 is 15.0 Å². The van der Waals surface area contributed by atoms with Gasteiger partial charge in [-0.25, -0.2) is 4.39 Å². The lowest BCUT2D eigenvalue weighted by Gasteiger charge is -2.49. The van der Waals surface area contributed by atoms with Crippen molar-refractivity contribution in [1.82, 2.24) is 20.3 Å². The number of pyridine rings is 1. The van der Waals surface area contributed by atoms with Gasteiger partial charge in [-0.1, -0.05) is 23.7 Å². The molecule has 2 saturated heterocycles. The largest absolute Gasteiger partial charge is 0.467 e. The fourth-order valence-electron chi connectivity index (χ4n) is 4.75. The summed E-state index contributed by atoms with van der Waals surface area (Å²) in [6, 6.07) is 5.70. The quantitative estimate of drug-likeness (QED) is 0.645. The molecule has 0 amide bonds. The number of anilines is 1. The summed E-state index contributed by atoms with van der Waals surface area (Å²) in [5.74, 6) is 0.504. The van der Waals surface area contributed by atoms with E-state index in [2.05, 4.69) is 25.2 Å². The Kier molecular flexibility index (Phi) is 4.71. The first-order valence-corrected chi connectivity index (χ1v) is 11.2. The van der Waals surface area contributed by atoms with Gasteiger partial charge in [0, 0.05) is 36.4 Å². The van der Waals surface area contributed by atoms with E-state index in [4.69, 9.17) is 21.1 Å². The number of nitrogens with one attached hydrogen (secondary N) is 1. The Morgan fingerprint density at radius 2 is 2.12 bits per heavy atom. The zero-order valence-corrected chi connectivity index (χ0v) is 18.5. The van der Waals surface area contributed by atoms with E-state index in [1.54, 1.807) is 6.20 Å². The fraction of sp³-hybridized carbons (Fsp3) is 0.435. The highest BCUT2D eigenvalue weighted by molar-refractivity contribution is 6.31. The Bertz CT molecular complexity index is 1210. The number of benzene rings is 1. The van der Waals surface area contributed by atoms with Gasteiger partial charge in [-0.15, -0.1) is 0 Å². The molecule has 166 valence electrons. The monoisotopic (exact) mass is 455 g/mol. The number of aromatic nitrogens is 3. The van der Waals surface area contributed by atoms with Gasteiger partial charge in [0.2, 0.25) is 0 Å². The molecule has 3 aliphatic rings. The Hall–Kier alpha value is -2.55. The molecule has 3 fully saturated rings. The summed E-state index contributed by atoms with van der Waals surface area (Å²) in [4.78, 5) is 15.6. The molecular formula is C23H23ClFN5O2. The third-order valence-electron chi connectivity index (χ3n) is 6.55. The maximum atomic E-state index is 15.9. The minimum atomic E-state index is -0.481. The second-order valence-corrected chi connectivity index (χ2v) is 9.22. The molecule has 1 spiro atoms. The minimum absolute atomic E-state index is 0.0887. The van der Waals surface area contributed by atoms with Crippen molar-refractivity contribution in [3.63, 3.8) is 0 Å². The number of halogens is 2. The summed E-state index contributed by atoms with van der Waals surface area (Å²) < 4.78 is 26.7.